The number of anilines is 1. The average molecular weight is 337 g/mol. The number of benzene rings is 1. The summed E-state index contributed by atoms with van der Waals surface area (Å²) in [6.45, 7) is -0.533. The van der Waals surface area contributed by atoms with Crippen LogP contribution in [0.4, 0.5) is 18.9 Å². The van der Waals surface area contributed by atoms with Gasteiger partial charge in [-0.2, -0.15) is 13.2 Å². The number of nitrogens with zero attached hydrogens (tertiary/aromatic N) is 4. The fourth-order valence-electron chi connectivity index (χ4n) is 2.13. The maximum atomic E-state index is 12.9. The fourth-order valence-corrected chi connectivity index (χ4v) is 2.13. The third-order valence-electron chi connectivity index (χ3n) is 3.16. The predicted molar refractivity (Wildman–Crippen MR) is 77.3 cm³/mol. The molecule has 0 aliphatic carbocycles. The van der Waals surface area contributed by atoms with Crippen LogP contribution >= 0.6 is 0 Å². The largest absolute Gasteiger partial charge is 0.418 e. The molecule has 3 rings (SSSR count). The molecular formula is C14H10F3N5O2. The minimum atomic E-state index is -4.60. The van der Waals surface area contributed by atoms with E-state index in [1.807, 2.05) is 0 Å². The van der Waals surface area contributed by atoms with E-state index in [4.69, 9.17) is 0 Å². The molecule has 0 unspecified atom stereocenters. The van der Waals surface area contributed by atoms with Crippen molar-refractivity contribution in [1.29, 1.82) is 0 Å². The standard InChI is InChI=1S/C14H10F3N5O2/c15-14(16,17)9-4-1-2-5-10(9)19-11(23)8-22-13(24)21-7-3-6-18-12(21)20-22/h1-7H,8H2,(H,19,23). The van der Waals surface area contributed by atoms with Gasteiger partial charge in [-0.3, -0.25) is 4.79 Å². The number of carbonyl (C=O) groups excluding carboxylic acids is 1. The van der Waals surface area contributed by atoms with Crippen molar-refractivity contribution in [2.24, 2.45) is 0 Å². The van der Waals surface area contributed by atoms with E-state index in [-0.39, 0.29) is 11.5 Å². The second kappa shape index (κ2) is 5.80. The summed E-state index contributed by atoms with van der Waals surface area (Å²) in [5.41, 5.74) is -1.97. The van der Waals surface area contributed by atoms with Crippen molar-refractivity contribution in [1.82, 2.24) is 19.2 Å². The second-order valence-corrected chi connectivity index (χ2v) is 4.82. The van der Waals surface area contributed by atoms with Crippen LogP contribution in [0, 0.1) is 0 Å². The van der Waals surface area contributed by atoms with Gasteiger partial charge in [0.2, 0.25) is 5.91 Å². The lowest BCUT2D eigenvalue weighted by molar-refractivity contribution is -0.137. The Morgan fingerprint density at radius 1 is 1.21 bits per heavy atom. The van der Waals surface area contributed by atoms with E-state index >= 15 is 0 Å². The summed E-state index contributed by atoms with van der Waals surface area (Å²) in [4.78, 5) is 27.8. The highest BCUT2D eigenvalue weighted by molar-refractivity contribution is 5.91. The van der Waals surface area contributed by atoms with Gasteiger partial charge in [-0.25, -0.2) is 18.9 Å². The molecule has 0 saturated carbocycles. The van der Waals surface area contributed by atoms with Crippen molar-refractivity contribution in [3.8, 4) is 0 Å². The molecule has 2 aromatic heterocycles. The van der Waals surface area contributed by atoms with Crippen LogP contribution in [-0.2, 0) is 17.5 Å². The maximum Gasteiger partial charge on any atom is 0.418 e. The summed E-state index contributed by atoms with van der Waals surface area (Å²) in [5, 5.41) is 5.99. The van der Waals surface area contributed by atoms with Crippen molar-refractivity contribution in [2.45, 2.75) is 12.7 Å². The number of aromatic nitrogens is 4. The molecule has 24 heavy (non-hydrogen) atoms. The molecule has 0 radical (unpaired) electrons. The predicted octanol–water partition coefficient (Wildman–Crippen LogP) is 1.55. The van der Waals surface area contributed by atoms with E-state index in [9.17, 15) is 22.8 Å². The molecule has 0 aliphatic heterocycles. The first-order chi connectivity index (χ1) is 11.4. The van der Waals surface area contributed by atoms with Crippen LogP contribution < -0.4 is 11.0 Å². The van der Waals surface area contributed by atoms with Crippen LogP contribution in [0.2, 0.25) is 0 Å². The van der Waals surface area contributed by atoms with Crippen molar-refractivity contribution in [2.75, 3.05) is 5.32 Å². The normalized spacial score (nSPS) is 11.6. The van der Waals surface area contributed by atoms with Gasteiger partial charge in [0, 0.05) is 12.4 Å². The quantitative estimate of drug-likeness (QED) is 0.786. The highest BCUT2D eigenvalue weighted by Gasteiger charge is 2.33. The number of hydrogen-bond donors (Lipinski definition) is 1. The Morgan fingerprint density at radius 3 is 2.67 bits per heavy atom. The summed E-state index contributed by atoms with van der Waals surface area (Å²) in [5.74, 6) is -0.719. The van der Waals surface area contributed by atoms with E-state index < -0.39 is 29.9 Å². The lowest BCUT2D eigenvalue weighted by atomic mass is 10.1. The number of alkyl halides is 3. The van der Waals surface area contributed by atoms with Gasteiger partial charge in [0.05, 0.1) is 11.3 Å². The van der Waals surface area contributed by atoms with Crippen LogP contribution in [0.25, 0.3) is 5.78 Å². The highest BCUT2D eigenvalue weighted by Crippen LogP contribution is 2.34. The third-order valence-corrected chi connectivity index (χ3v) is 3.16. The molecule has 7 nitrogen and oxygen atoms in total. The topological polar surface area (TPSA) is 81.3 Å². The van der Waals surface area contributed by atoms with E-state index in [1.165, 1.54) is 30.6 Å². The molecular weight excluding hydrogens is 327 g/mol. The van der Waals surface area contributed by atoms with Crippen LogP contribution in [0.1, 0.15) is 5.56 Å². The summed E-state index contributed by atoms with van der Waals surface area (Å²) in [6, 6.07) is 6.09. The minimum Gasteiger partial charge on any atom is -0.324 e. The van der Waals surface area contributed by atoms with Crippen molar-refractivity contribution in [3.63, 3.8) is 0 Å². The lowest BCUT2D eigenvalue weighted by Gasteiger charge is -2.13. The monoisotopic (exact) mass is 337 g/mol. The van der Waals surface area contributed by atoms with Gasteiger partial charge < -0.3 is 5.32 Å². The minimum absolute atomic E-state index is 0.0889. The Hall–Kier alpha value is -3.17. The fraction of sp³-hybridized carbons (Fsp3) is 0.143. The van der Waals surface area contributed by atoms with Crippen molar-refractivity contribution < 1.29 is 18.0 Å². The Kier molecular flexibility index (Phi) is 3.80. The summed E-state index contributed by atoms with van der Waals surface area (Å²) >= 11 is 0. The Morgan fingerprint density at radius 2 is 1.96 bits per heavy atom. The first-order valence-electron chi connectivity index (χ1n) is 6.72. The van der Waals surface area contributed by atoms with Gasteiger partial charge in [0.15, 0.2) is 0 Å². The number of para-hydroxylation sites is 1. The SMILES string of the molecule is O=C(Cn1nc2ncccn2c1=O)Nc1ccccc1C(F)(F)F. The zero-order valence-corrected chi connectivity index (χ0v) is 12.0. The Balaban J connectivity index is 1.84. The Bertz CT molecular complexity index is 961. The van der Waals surface area contributed by atoms with Gasteiger partial charge in [-0.15, -0.1) is 5.10 Å². The number of fused-ring (bicyclic) bond motifs is 1. The van der Waals surface area contributed by atoms with Gasteiger partial charge in [-0.1, -0.05) is 12.1 Å². The van der Waals surface area contributed by atoms with Crippen molar-refractivity contribution in [3.05, 3.63) is 58.8 Å². The number of nitrogens with one attached hydrogen (secondary N) is 1. The molecule has 0 fully saturated rings. The van der Waals surface area contributed by atoms with Crippen LogP contribution in [0.5, 0.6) is 0 Å². The smallest absolute Gasteiger partial charge is 0.324 e. The first kappa shape index (κ1) is 15.7. The van der Waals surface area contributed by atoms with E-state index in [2.05, 4.69) is 15.4 Å². The number of amides is 1. The number of rotatable bonds is 3. The molecule has 1 amide bonds. The van der Waals surface area contributed by atoms with E-state index in [0.717, 1.165) is 21.2 Å². The van der Waals surface area contributed by atoms with Gasteiger partial charge in [0.1, 0.15) is 6.54 Å². The first-order valence-corrected chi connectivity index (χ1v) is 6.72. The van der Waals surface area contributed by atoms with E-state index in [1.54, 1.807) is 0 Å². The zero-order chi connectivity index (χ0) is 17.3. The third kappa shape index (κ3) is 2.98. The molecule has 0 saturated heterocycles. The molecule has 0 bridgehead atoms. The lowest BCUT2D eigenvalue weighted by Crippen LogP contribution is -2.28. The zero-order valence-electron chi connectivity index (χ0n) is 12.0. The molecule has 1 aromatic carbocycles. The molecule has 1 N–H and O–H groups in total. The highest BCUT2D eigenvalue weighted by atomic mass is 19.4. The number of hydrogen-bond acceptors (Lipinski definition) is 4. The van der Waals surface area contributed by atoms with E-state index in [0.29, 0.717) is 0 Å². The van der Waals surface area contributed by atoms with Crippen LogP contribution in [-0.4, -0.2) is 25.1 Å². The average Bonchev–Trinajstić information content (AvgIpc) is 2.83. The summed E-state index contributed by atoms with van der Waals surface area (Å²) in [6.07, 6.45) is -1.76. The molecule has 0 spiro atoms. The number of carbonyl (C=O) groups is 1. The van der Waals surface area contributed by atoms with Crippen LogP contribution in [0.3, 0.4) is 0 Å². The number of halogens is 3. The second-order valence-electron chi connectivity index (χ2n) is 4.82. The van der Waals surface area contributed by atoms with Crippen molar-refractivity contribution >= 4 is 17.4 Å². The van der Waals surface area contributed by atoms with Gasteiger partial charge in [0.25, 0.3) is 5.78 Å². The molecule has 124 valence electrons. The Labute approximate surface area is 132 Å². The maximum absolute atomic E-state index is 12.9. The van der Waals surface area contributed by atoms with Crippen LogP contribution in [0.15, 0.2) is 47.5 Å². The summed E-state index contributed by atoms with van der Waals surface area (Å²) < 4.78 is 40.6. The molecule has 10 heteroatoms. The molecule has 0 aliphatic rings. The van der Waals surface area contributed by atoms with Gasteiger partial charge >= 0.3 is 11.9 Å². The molecule has 3 aromatic rings. The molecule has 2 heterocycles. The molecule has 0 atom stereocenters. The summed E-state index contributed by atoms with van der Waals surface area (Å²) in [7, 11) is 0. The van der Waals surface area contributed by atoms with Gasteiger partial charge in [-0.05, 0) is 18.2 Å².